The third-order valence-electron chi connectivity index (χ3n) is 3.65. The SMILES string of the molecule is C/C(=N/NC(=O)c1ccncc1)c1ccc(NC(=O)CCCC(=O)O)cc1. The highest BCUT2D eigenvalue weighted by Crippen LogP contribution is 2.11. The maximum atomic E-state index is 12.0. The summed E-state index contributed by atoms with van der Waals surface area (Å²) in [5, 5.41) is 15.3. The van der Waals surface area contributed by atoms with Crippen molar-refractivity contribution in [1.82, 2.24) is 10.4 Å². The van der Waals surface area contributed by atoms with Crippen molar-refractivity contribution in [3.63, 3.8) is 0 Å². The molecule has 2 amide bonds. The summed E-state index contributed by atoms with van der Waals surface area (Å²) in [6.07, 6.45) is 3.46. The van der Waals surface area contributed by atoms with E-state index in [9.17, 15) is 14.4 Å². The minimum Gasteiger partial charge on any atom is -0.481 e. The molecule has 0 atom stereocenters. The summed E-state index contributed by atoms with van der Waals surface area (Å²) in [6, 6.07) is 10.2. The zero-order valence-electron chi connectivity index (χ0n) is 14.8. The van der Waals surface area contributed by atoms with Crippen LogP contribution in [0.3, 0.4) is 0 Å². The predicted octanol–water partition coefficient (Wildman–Crippen LogP) is 2.43. The molecule has 2 aromatic rings. The Hall–Kier alpha value is -3.55. The molecule has 0 saturated heterocycles. The number of rotatable bonds is 8. The number of anilines is 1. The van der Waals surface area contributed by atoms with Crippen LogP contribution in [0.15, 0.2) is 53.9 Å². The number of hydrogen-bond acceptors (Lipinski definition) is 5. The summed E-state index contributed by atoms with van der Waals surface area (Å²) in [7, 11) is 0. The van der Waals surface area contributed by atoms with Crippen LogP contribution in [0.1, 0.15) is 42.1 Å². The van der Waals surface area contributed by atoms with E-state index in [1.165, 1.54) is 12.4 Å². The first-order valence-electron chi connectivity index (χ1n) is 8.32. The Labute approximate surface area is 156 Å². The normalized spacial score (nSPS) is 10.9. The van der Waals surface area contributed by atoms with Gasteiger partial charge in [-0.3, -0.25) is 19.4 Å². The first-order chi connectivity index (χ1) is 13.0. The van der Waals surface area contributed by atoms with Gasteiger partial charge in [-0.2, -0.15) is 5.10 Å². The van der Waals surface area contributed by atoms with Crippen LogP contribution in [0.25, 0.3) is 0 Å². The largest absolute Gasteiger partial charge is 0.481 e. The molecule has 0 aliphatic carbocycles. The molecule has 1 aromatic heterocycles. The van der Waals surface area contributed by atoms with Crippen LogP contribution in [0.2, 0.25) is 0 Å². The molecule has 0 spiro atoms. The van der Waals surface area contributed by atoms with Gasteiger partial charge in [0.05, 0.1) is 5.71 Å². The quantitative estimate of drug-likeness (QED) is 0.488. The lowest BCUT2D eigenvalue weighted by Gasteiger charge is -2.07. The monoisotopic (exact) mass is 368 g/mol. The molecule has 2 rings (SSSR count). The highest BCUT2D eigenvalue weighted by Gasteiger charge is 2.06. The Kier molecular flexibility index (Phi) is 7.18. The minimum atomic E-state index is -0.919. The molecule has 0 bridgehead atoms. The molecule has 0 aliphatic rings. The molecule has 27 heavy (non-hydrogen) atoms. The topological polar surface area (TPSA) is 121 Å². The number of aliphatic carboxylic acids is 1. The van der Waals surface area contributed by atoms with Crippen molar-refractivity contribution in [3.8, 4) is 0 Å². The van der Waals surface area contributed by atoms with E-state index in [1.54, 1.807) is 43.3 Å². The molecule has 1 heterocycles. The van der Waals surface area contributed by atoms with Crippen molar-refractivity contribution in [3.05, 3.63) is 59.9 Å². The van der Waals surface area contributed by atoms with E-state index < -0.39 is 5.97 Å². The standard InChI is InChI=1S/C19H20N4O4/c1-13(22-23-19(27)15-9-11-20-12-10-15)14-5-7-16(8-6-14)21-17(24)3-2-4-18(25)26/h5-12H,2-4H2,1H3,(H,21,24)(H,23,27)(H,25,26)/b22-13-. The number of carbonyl (C=O) groups is 3. The number of carbonyl (C=O) groups excluding carboxylic acids is 2. The van der Waals surface area contributed by atoms with Gasteiger partial charge in [-0.15, -0.1) is 0 Å². The second kappa shape index (κ2) is 9.81. The van der Waals surface area contributed by atoms with Gasteiger partial charge in [0.25, 0.3) is 5.91 Å². The van der Waals surface area contributed by atoms with Gasteiger partial charge in [-0.25, -0.2) is 5.43 Å². The minimum absolute atomic E-state index is 0.0345. The number of pyridine rings is 1. The first kappa shape index (κ1) is 19.8. The number of carboxylic acid groups (broad SMARTS) is 1. The van der Waals surface area contributed by atoms with Crippen LogP contribution in [-0.4, -0.2) is 33.6 Å². The van der Waals surface area contributed by atoms with Crippen molar-refractivity contribution in [2.24, 2.45) is 5.10 Å². The molecular weight excluding hydrogens is 348 g/mol. The van der Waals surface area contributed by atoms with Crippen LogP contribution in [0.4, 0.5) is 5.69 Å². The lowest BCUT2D eigenvalue weighted by atomic mass is 10.1. The Morgan fingerprint density at radius 1 is 1.00 bits per heavy atom. The van der Waals surface area contributed by atoms with Crippen molar-refractivity contribution in [2.75, 3.05) is 5.32 Å². The van der Waals surface area contributed by atoms with Crippen molar-refractivity contribution >= 4 is 29.2 Å². The third-order valence-corrected chi connectivity index (χ3v) is 3.65. The number of benzene rings is 1. The summed E-state index contributed by atoms with van der Waals surface area (Å²) >= 11 is 0. The molecule has 8 heteroatoms. The summed E-state index contributed by atoms with van der Waals surface area (Å²) in [5.74, 6) is -1.49. The van der Waals surface area contributed by atoms with Crippen LogP contribution in [0.5, 0.6) is 0 Å². The lowest BCUT2D eigenvalue weighted by molar-refractivity contribution is -0.137. The fourth-order valence-electron chi connectivity index (χ4n) is 2.19. The average molecular weight is 368 g/mol. The van der Waals surface area contributed by atoms with E-state index in [2.05, 4.69) is 20.8 Å². The summed E-state index contributed by atoms with van der Waals surface area (Å²) in [6.45, 7) is 1.76. The third kappa shape index (κ3) is 6.69. The van der Waals surface area contributed by atoms with E-state index in [0.29, 0.717) is 23.4 Å². The number of nitrogens with one attached hydrogen (secondary N) is 2. The summed E-state index contributed by atoms with van der Waals surface area (Å²) in [5.41, 5.74) is 4.94. The number of hydrazone groups is 1. The molecule has 0 fully saturated rings. The highest BCUT2D eigenvalue weighted by atomic mass is 16.4. The lowest BCUT2D eigenvalue weighted by Crippen LogP contribution is -2.19. The van der Waals surface area contributed by atoms with Crippen LogP contribution < -0.4 is 10.7 Å². The highest BCUT2D eigenvalue weighted by molar-refractivity contribution is 6.01. The molecule has 1 aromatic carbocycles. The second-order valence-electron chi connectivity index (χ2n) is 5.75. The van der Waals surface area contributed by atoms with Gasteiger partial charge in [-0.1, -0.05) is 12.1 Å². The van der Waals surface area contributed by atoms with Crippen LogP contribution in [0, 0.1) is 0 Å². The molecule has 0 aliphatic heterocycles. The Bertz CT molecular complexity index is 833. The van der Waals surface area contributed by atoms with Gasteiger partial charge < -0.3 is 10.4 Å². The van der Waals surface area contributed by atoms with Gasteiger partial charge in [-0.05, 0) is 43.2 Å². The van der Waals surface area contributed by atoms with Crippen molar-refractivity contribution < 1.29 is 19.5 Å². The number of carboxylic acids is 1. The average Bonchev–Trinajstić information content (AvgIpc) is 2.66. The molecule has 0 saturated carbocycles. The van der Waals surface area contributed by atoms with E-state index in [1.807, 2.05) is 0 Å². The Morgan fingerprint density at radius 3 is 2.30 bits per heavy atom. The molecule has 140 valence electrons. The number of aromatic nitrogens is 1. The molecular formula is C19H20N4O4. The van der Waals surface area contributed by atoms with E-state index in [4.69, 9.17) is 5.11 Å². The molecule has 8 nitrogen and oxygen atoms in total. The van der Waals surface area contributed by atoms with Crippen molar-refractivity contribution in [1.29, 1.82) is 0 Å². The summed E-state index contributed by atoms with van der Waals surface area (Å²) in [4.78, 5) is 38.0. The van der Waals surface area contributed by atoms with Gasteiger partial charge in [0.2, 0.25) is 5.91 Å². The zero-order chi connectivity index (χ0) is 19.6. The maximum absolute atomic E-state index is 12.0. The fourth-order valence-corrected chi connectivity index (χ4v) is 2.19. The van der Waals surface area contributed by atoms with Gasteiger partial charge in [0.1, 0.15) is 0 Å². The number of amides is 2. The maximum Gasteiger partial charge on any atom is 0.303 e. The van der Waals surface area contributed by atoms with Crippen LogP contribution >= 0.6 is 0 Å². The van der Waals surface area contributed by atoms with Gasteiger partial charge in [0.15, 0.2) is 0 Å². The predicted molar refractivity (Wildman–Crippen MR) is 100 cm³/mol. The Balaban J connectivity index is 1.89. The van der Waals surface area contributed by atoms with Gasteiger partial charge in [0, 0.05) is 36.5 Å². The summed E-state index contributed by atoms with van der Waals surface area (Å²) < 4.78 is 0. The zero-order valence-corrected chi connectivity index (χ0v) is 14.8. The number of nitrogens with zero attached hydrogens (tertiary/aromatic N) is 2. The van der Waals surface area contributed by atoms with E-state index >= 15 is 0 Å². The van der Waals surface area contributed by atoms with Gasteiger partial charge >= 0.3 is 5.97 Å². The van der Waals surface area contributed by atoms with Crippen molar-refractivity contribution in [2.45, 2.75) is 26.2 Å². The Morgan fingerprint density at radius 2 is 1.67 bits per heavy atom. The smallest absolute Gasteiger partial charge is 0.303 e. The fraction of sp³-hybridized carbons (Fsp3) is 0.211. The second-order valence-corrected chi connectivity index (χ2v) is 5.75. The van der Waals surface area contributed by atoms with E-state index in [-0.39, 0.29) is 24.7 Å². The number of hydrogen-bond donors (Lipinski definition) is 3. The van der Waals surface area contributed by atoms with Crippen LogP contribution in [-0.2, 0) is 9.59 Å². The molecule has 0 unspecified atom stereocenters. The first-order valence-corrected chi connectivity index (χ1v) is 8.32. The molecule has 0 radical (unpaired) electrons. The van der Waals surface area contributed by atoms with E-state index in [0.717, 1.165) is 5.56 Å². The molecule has 3 N–H and O–H groups in total.